The van der Waals surface area contributed by atoms with Crippen molar-refractivity contribution >= 4 is 18.3 Å². The molecule has 3 N–H and O–H groups in total. The number of benzene rings is 1. The molecule has 2 atom stereocenters. The lowest BCUT2D eigenvalue weighted by Gasteiger charge is -2.34. The first-order valence-electron chi connectivity index (χ1n) is 8.36. The molecular formula is C17H26ClFN4O. The molecule has 2 heterocycles. The van der Waals surface area contributed by atoms with Gasteiger partial charge in [0.2, 0.25) is 5.91 Å². The number of likely N-dealkylation sites (tertiary alicyclic amines) is 1. The highest BCUT2D eigenvalue weighted by Gasteiger charge is 2.37. The first-order chi connectivity index (χ1) is 11.2. The maximum atomic E-state index is 13.1. The van der Waals surface area contributed by atoms with Crippen molar-refractivity contribution in [3.8, 4) is 0 Å². The summed E-state index contributed by atoms with van der Waals surface area (Å²) in [5.74, 6) is 0.465. The van der Waals surface area contributed by atoms with Crippen molar-refractivity contribution in [3.63, 3.8) is 0 Å². The van der Waals surface area contributed by atoms with Gasteiger partial charge in [-0.05, 0) is 50.0 Å². The maximum Gasteiger partial charge on any atom is 0.229 e. The summed E-state index contributed by atoms with van der Waals surface area (Å²) in [6.07, 6.45) is 2.11. The molecule has 0 saturated carbocycles. The van der Waals surface area contributed by atoms with Gasteiger partial charge in [0.05, 0.1) is 12.0 Å². The van der Waals surface area contributed by atoms with Crippen LogP contribution in [0.3, 0.4) is 0 Å². The summed E-state index contributed by atoms with van der Waals surface area (Å²) in [5.41, 5.74) is 7.19. The Balaban J connectivity index is 0.00000208. The summed E-state index contributed by atoms with van der Waals surface area (Å²) in [5, 5.41) is 3.22. The number of rotatable bonds is 4. The summed E-state index contributed by atoms with van der Waals surface area (Å²) in [7, 11) is 1.97. The van der Waals surface area contributed by atoms with Gasteiger partial charge in [-0.3, -0.25) is 10.2 Å². The molecule has 2 unspecified atom stereocenters. The second-order valence-electron chi connectivity index (χ2n) is 6.49. The molecule has 0 aliphatic carbocycles. The number of hydrazine groups is 1. The zero-order valence-electron chi connectivity index (χ0n) is 13.9. The fraction of sp³-hybridized carbons (Fsp3) is 0.588. The molecule has 5 nitrogen and oxygen atoms in total. The topological polar surface area (TPSA) is 56.4 Å². The number of hydrogen-bond donors (Lipinski definition) is 3. The van der Waals surface area contributed by atoms with E-state index in [4.69, 9.17) is 0 Å². The van der Waals surface area contributed by atoms with Gasteiger partial charge in [0.1, 0.15) is 5.82 Å². The van der Waals surface area contributed by atoms with Crippen LogP contribution in [0.1, 0.15) is 24.4 Å². The maximum absolute atomic E-state index is 13.1. The molecule has 3 rings (SSSR count). The molecule has 1 aromatic carbocycles. The molecule has 0 aromatic heterocycles. The van der Waals surface area contributed by atoms with Crippen molar-refractivity contribution in [2.45, 2.75) is 18.9 Å². The van der Waals surface area contributed by atoms with E-state index in [0.29, 0.717) is 12.5 Å². The van der Waals surface area contributed by atoms with Crippen LogP contribution in [-0.2, 0) is 4.79 Å². The van der Waals surface area contributed by atoms with E-state index in [0.717, 1.165) is 38.0 Å². The molecule has 2 aliphatic heterocycles. The zero-order valence-corrected chi connectivity index (χ0v) is 14.7. The molecule has 1 amide bonds. The van der Waals surface area contributed by atoms with Crippen LogP contribution in [0, 0.1) is 17.7 Å². The average molecular weight is 357 g/mol. The molecule has 0 spiro atoms. The van der Waals surface area contributed by atoms with Gasteiger partial charge in [0.25, 0.3) is 0 Å². The van der Waals surface area contributed by atoms with Crippen LogP contribution in [0.4, 0.5) is 4.39 Å². The number of nitrogens with zero attached hydrogens (tertiary/aromatic N) is 1. The first kappa shape index (κ1) is 19.1. The summed E-state index contributed by atoms with van der Waals surface area (Å²) in [6.45, 7) is 3.29. The molecule has 2 saturated heterocycles. The number of carbonyl (C=O) groups is 1. The Bertz CT molecular complexity index is 534. The van der Waals surface area contributed by atoms with E-state index in [1.807, 2.05) is 11.9 Å². The van der Waals surface area contributed by atoms with E-state index < -0.39 is 0 Å². The normalized spacial score (nSPS) is 24.7. The average Bonchev–Trinajstić information content (AvgIpc) is 3.05. The van der Waals surface area contributed by atoms with E-state index in [2.05, 4.69) is 16.2 Å². The van der Waals surface area contributed by atoms with Gasteiger partial charge < -0.3 is 10.2 Å². The predicted molar refractivity (Wildman–Crippen MR) is 94.2 cm³/mol. The molecule has 24 heavy (non-hydrogen) atoms. The van der Waals surface area contributed by atoms with Crippen molar-refractivity contribution in [1.82, 2.24) is 21.1 Å². The third-order valence-corrected chi connectivity index (χ3v) is 4.95. The number of carbonyl (C=O) groups excluding carboxylic acids is 1. The Hall–Kier alpha value is -1.21. The van der Waals surface area contributed by atoms with Gasteiger partial charge in [-0.1, -0.05) is 12.1 Å². The summed E-state index contributed by atoms with van der Waals surface area (Å²) < 4.78 is 13.1. The third kappa shape index (κ3) is 4.25. The van der Waals surface area contributed by atoms with Crippen molar-refractivity contribution in [2.75, 3.05) is 33.2 Å². The lowest BCUT2D eigenvalue weighted by molar-refractivity contribution is -0.136. The second kappa shape index (κ2) is 8.76. The van der Waals surface area contributed by atoms with Crippen LogP contribution < -0.4 is 16.2 Å². The van der Waals surface area contributed by atoms with Gasteiger partial charge in [0.15, 0.2) is 0 Å². The Morgan fingerprint density at radius 3 is 2.58 bits per heavy atom. The smallest absolute Gasteiger partial charge is 0.229 e. The van der Waals surface area contributed by atoms with Crippen molar-refractivity contribution in [1.29, 1.82) is 0 Å². The molecule has 2 fully saturated rings. The highest BCUT2D eigenvalue weighted by atomic mass is 35.5. The minimum absolute atomic E-state index is 0. The third-order valence-electron chi connectivity index (χ3n) is 4.95. The molecule has 134 valence electrons. The molecule has 0 bridgehead atoms. The van der Waals surface area contributed by atoms with Crippen molar-refractivity contribution < 1.29 is 9.18 Å². The Morgan fingerprint density at radius 2 is 1.96 bits per heavy atom. The first-order valence-corrected chi connectivity index (χ1v) is 8.36. The Labute approximate surface area is 148 Å². The number of nitrogens with one attached hydrogen (secondary N) is 3. The van der Waals surface area contributed by atoms with Crippen molar-refractivity contribution in [2.24, 2.45) is 11.8 Å². The SMILES string of the molecule is CNCC1CCN(C(=O)C2CNNC2c2ccc(F)cc2)CC1.Cl. The highest BCUT2D eigenvalue weighted by Crippen LogP contribution is 2.28. The van der Waals surface area contributed by atoms with Crippen LogP contribution in [0.5, 0.6) is 0 Å². The monoisotopic (exact) mass is 356 g/mol. The van der Waals surface area contributed by atoms with Gasteiger partial charge in [0, 0.05) is 19.6 Å². The molecule has 7 heteroatoms. The minimum Gasteiger partial charge on any atom is -0.342 e. The Kier molecular flexibility index (Phi) is 6.98. The molecule has 2 aliphatic rings. The standard InChI is InChI=1S/C17H25FN4O.ClH/c1-19-10-12-6-8-22(9-7-12)17(23)15-11-20-21-16(15)13-2-4-14(18)5-3-13;/h2-5,12,15-16,19-21H,6-11H2,1H3;1H. The van der Waals surface area contributed by atoms with E-state index in [1.165, 1.54) is 12.1 Å². The fourth-order valence-corrected chi connectivity index (χ4v) is 3.59. The lowest BCUT2D eigenvalue weighted by atomic mass is 9.91. The number of amides is 1. The second-order valence-corrected chi connectivity index (χ2v) is 6.49. The van der Waals surface area contributed by atoms with E-state index in [1.54, 1.807) is 12.1 Å². The summed E-state index contributed by atoms with van der Waals surface area (Å²) >= 11 is 0. The lowest BCUT2D eigenvalue weighted by Crippen LogP contribution is -2.44. The number of hydrogen-bond acceptors (Lipinski definition) is 4. The minimum atomic E-state index is -0.255. The molecule has 1 aromatic rings. The van der Waals surface area contributed by atoms with Crippen LogP contribution in [0.25, 0.3) is 0 Å². The van der Waals surface area contributed by atoms with Crippen LogP contribution in [0.15, 0.2) is 24.3 Å². The zero-order chi connectivity index (χ0) is 16.2. The van der Waals surface area contributed by atoms with Crippen LogP contribution >= 0.6 is 12.4 Å². The van der Waals surface area contributed by atoms with E-state index in [-0.39, 0.29) is 36.1 Å². The number of halogens is 2. The molecular weight excluding hydrogens is 331 g/mol. The van der Waals surface area contributed by atoms with Crippen LogP contribution in [0.2, 0.25) is 0 Å². The van der Waals surface area contributed by atoms with E-state index in [9.17, 15) is 9.18 Å². The molecule has 0 radical (unpaired) electrons. The summed E-state index contributed by atoms with van der Waals surface area (Å²) in [6, 6.07) is 6.29. The van der Waals surface area contributed by atoms with Gasteiger partial charge in [-0.15, -0.1) is 12.4 Å². The van der Waals surface area contributed by atoms with E-state index >= 15 is 0 Å². The van der Waals surface area contributed by atoms with Crippen molar-refractivity contribution in [3.05, 3.63) is 35.6 Å². The summed E-state index contributed by atoms with van der Waals surface area (Å²) in [4.78, 5) is 14.9. The largest absolute Gasteiger partial charge is 0.342 e. The van der Waals surface area contributed by atoms with Gasteiger partial charge in [-0.25, -0.2) is 9.82 Å². The number of piperidine rings is 1. The quantitative estimate of drug-likeness (QED) is 0.764. The predicted octanol–water partition coefficient (Wildman–Crippen LogP) is 1.47. The fourth-order valence-electron chi connectivity index (χ4n) is 3.59. The van der Waals surface area contributed by atoms with Gasteiger partial charge >= 0.3 is 0 Å². The Morgan fingerprint density at radius 1 is 1.29 bits per heavy atom. The van der Waals surface area contributed by atoms with Gasteiger partial charge in [-0.2, -0.15) is 0 Å². The highest BCUT2D eigenvalue weighted by molar-refractivity contribution is 5.85. The van der Waals surface area contributed by atoms with Crippen LogP contribution in [-0.4, -0.2) is 44.0 Å².